The number of aromatic amines is 1. The molecule has 4 aromatic rings. The highest BCUT2D eigenvalue weighted by Gasteiger charge is 2.36. The highest BCUT2D eigenvalue weighted by molar-refractivity contribution is 6.05. The monoisotopic (exact) mass is 438 g/mol. The van der Waals surface area contributed by atoms with Crippen LogP contribution < -0.4 is 15.5 Å². The minimum absolute atomic E-state index is 0.113. The summed E-state index contributed by atoms with van der Waals surface area (Å²) in [5.41, 5.74) is 3.61. The van der Waals surface area contributed by atoms with Crippen molar-refractivity contribution in [3.63, 3.8) is 0 Å². The largest absolute Gasteiger partial charge is 0.351 e. The second-order valence-corrected chi connectivity index (χ2v) is 7.86. The van der Waals surface area contributed by atoms with Crippen LogP contribution in [0.15, 0.2) is 84.9 Å². The van der Waals surface area contributed by atoms with Gasteiger partial charge in [0.05, 0.1) is 12.6 Å². The Hall–Kier alpha value is -4.23. The van der Waals surface area contributed by atoms with Crippen molar-refractivity contribution in [3.8, 4) is 0 Å². The number of nitrogens with zero attached hydrogens (tertiary/aromatic N) is 1. The molecule has 3 N–H and O–H groups in total. The Labute approximate surface area is 190 Å². The fourth-order valence-corrected chi connectivity index (χ4v) is 4.27. The summed E-state index contributed by atoms with van der Waals surface area (Å²) < 4.78 is 0. The van der Waals surface area contributed by atoms with Crippen LogP contribution in [0, 0.1) is 0 Å². The number of H-pyrrole nitrogens is 1. The van der Waals surface area contributed by atoms with Gasteiger partial charge in [0, 0.05) is 16.6 Å². The van der Waals surface area contributed by atoms with Gasteiger partial charge in [0.25, 0.3) is 11.8 Å². The summed E-state index contributed by atoms with van der Waals surface area (Å²) in [5.74, 6) is -0.821. The Morgan fingerprint density at radius 2 is 1.70 bits per heavy atom. The van der Waals surface area contributed by atoms with E-state index in [1.54, 1.807) is 6.07 Å². The first-order valence-electron chi connectivity index (χ1n) is 10.7. The third-order valence-corrected chi connectivity index (χ3v) is 5.82. The number of amides is 2. The molecule has 7 heteroatoms. The van der Waals surface area contributed by atoms with Crippen LogP contribution in [-0.2, 0) is 9.59 Å². The summed E-state index contributed by atoms with van der Waals surface area (Å²) in [7, 11) is 0. The SMILES string of the molecule is O=CCN1C(=O)C(NC(=O)c2cc3ccccc3[nH]2)NC(c2ccccc2)c2ccccc21. The topological polar surface area (TPSA) is 94.3 Å². The molecule has 0 aliphatic carbocycles. The van der Waals surface area contributed by atoms with E-state index in [1.807, 2.05) is 78.9 Å². The molecule has 5 rings (SSSR count). The number of hydrogen-bond acceptors (Lipinski definition) is 4. The van der Waals surface area contributed by atoms with E-state index in [0.29, 0.717) is 17.7 Å². The van der Waals surface area contributed by atoms with Crippen molar-refractivity contribution < 1.29 is 14.4 Å². The van der Waals surface area contributed by atoms with Crippen molar-refractivity contribution in [2.45, 2.75) is 12.2 Å². The molecule has 3 aromatic carbocycles. The number of aldehydes is 1. The van der Waals surface area contributed by atoms with Crippen LogP contribution >= 0.6 is 0 Å². The summed E-state index contributed by atoms with van der Waals surface area (Å²) >= 11 is 0. The van der Waals surface area contributed by atoms with Crippen LogP contribution in [0.5, 0.6) is 0 Å². The zero-order chi connectivity index (χ0) is 22.8. The molecule has 2 amide bonds. The van der Waals surface area contributed by atoms with E-state index in [2.05, 4.69) is 15.6 Å². The lowest BCUT2D eigenvalue weighted by atomic mass is 9.97. The summed E-state index contributed by atoms with van der Waals surface area (Å²) in [4.78, 5) is 42.5. The van der Waals surface area contributed by atoms with E-state index in [1.165, 1.54) is 4.90 Å². The molecule has 2 heterocycles. The van der Waals surface area contributed by atoms with Gasteiger partial charge >= 0.3 is 0 Å². The van der Waals surface area contributed by atoms with Gasteiger partial charge in [-0.05, 0) is 29.3 Å². The van der Waals surface area contributed by atoms with Gasteiger partial charge in [0.15, 0.2) is 6.17 Å². The van der Waals surface area contributed by atoms with Gasteiger partial charge in [-0.1, -0.05) is 66.7 Å². The first kappa shape index (κ1) is 20.7. The molecule has 2 unspecified atom stereocenters. The van der Waals surface area contributed by atoms with E-state index in [-0.39, 0.29) is 12.6 Å². The molecule has 0 fully saturated rings. The number of fused-ring (bicyclic) bond motifs is 2. The number of nitrogens with one attached hydrogen (secondary N) is 3. The number of benzene rings is 3. The van der Waals surface area contributed by atoms with Crippen LogP contribution in [0.3, 0.4) is 0 Å². The maximum absolute atomic E-state index is 13.5. The smallest absolute Gasteiger partial charge is 0.269 e. The minimum Gasteiger partial charge on any atom is -0.351 e. The van der Waals surface area contributed by atoms with Crippen molar-refractivity contribution in [2.24, 2.45) is 0 Å². The fraction of sp³-hybridized carbons (Fsp3) is 0.115. The lowest BCUT2D eigenvalue weighted by Gasteiger charge is -2.24. The second-order valence-electron chi connectivity index (χ2n) is 7.86. The van der Waals surface area contributed by atoms with Crippen LogP contribution in [0.1, 0.15) is 27.7 Å². The molecule has 1 aromatic heterocycles. The number of hydrogen-bond donors (Lipinski definition) is 3. The van der Waals surface area contributed by atoms with Gasteiger partial charge in [-0.3, -0.25) is 14.9 Å². The Morgan fingerprint density at radius 3 is 2.48 bits per heavy atom. The lowest BCUT2D eigenvalue weighted by Crippen LogP contribution is -2.55. The van der Waals surface area contributed by atoms with Gasteiger partial charge in [-0.15, -0.1) is 0 Å². The van der Waals surface area contributed by atoms with Gasteiger partial charge in [-0.2, -0.15) is 0 Å². The molecule has 0 saturated carbocycles. The Morgan fingerprint density at radius 1 is 0.970 bits per heavy atom. The first-order valence-corrected chi connectivity index (χ1v) is 10.7. The Balaban J connectivity index is 1.53. The van der Waals surface area contributed by atoms with Gasteiger partial charge in [0.1, 0.15) is 12.0 Å². The average molecular weight is 438 g/mol. The Bertz CT molecular complexity index is 1300. The van der Waals surface area contributed by atoms with Crippen molar-refractivity contribution in [2.75, 3.05) is 11.4 Å². The third-order valence-electron chi connectivity index (χ3n) is 5.82. The molecule has 0 saturated heterocycles. The van der Waals surface area contributed by atoms with E-state index >= 15 is 0 Å². The van der Waals surface area contributed by atoms with Crippen LogP contribution in [0.25, 0.3) is 10.9 Å². The normalized spacial score (nSPS) is 17.9. The summed E-state index contributed by atoms with van der Waals surface area (Å²) in [6.07, 6.45) is -0.352. The van der Waals surface area contributed by atoms with E-state index in [0.717, 1.165) is 22.0 Å². The van der Waals surface area contributed by atoms with E-state index < -0.39 is 18.0 Å². The molecule has 0 spiro atoms. The minimum atomic E-state index is -1.04. The fourth-order valence-electron chi connectivity index (χ4n) is 4.27. The average Bonchev–Trinajstić information content (AvgIpc) is 3.26. The molecule has 0 radical (unpaired) electrons. The predicted octanol–water partition coefficient (Wildman–Crippen LogP) is 3.15. The summed E-state index contributed by atoms with van der Waals surface area (Å²) in [5, 5.41) is 7.03. The molecule has 0 bridgehead atoms. The molecule has 1 aliphatic heterocycles. The number of aromatic nitrogens is 1. The summed E-state index contributed by atoms with van der Waals surface area (Å²) in [6.45, 7) is -0.113. The summed E-state index contributed by atoms with van der Waals surface area (Å²) in [6, 6.07) is 26.1. The van der Waals surface area contributed by atoms with E-state index in [4.69, 9.17) is 0 Å². The molecule has 1 aliphatic rings. The predicted molar refractivity (Wildman–Crippen MR) is 126 cm³/mol. The molecule has 164 valence electrons. The van der Waals surface area contributed by atoms with Gasteiger partial charge < -0.3 is 20.0 Å². The van der Waals surface area contributed by atoms with Crippen molar-refractivity contribution >= 4 is 34.7 Å². The molecule has 33 heavy (non-hydrogen) atoms. The maximum Gasteiger partial charge on any atom is 0.269 e. The second kappa shape index (κ2) is 8.72. The number of rotatable bonds is 5. The number of para-hydroxylation sites is 2. The van der Waals surface area contributed by atoms with Gasteiger partial charge in [0.2, 0.25) is 0 Å². The standard InChI is InChI=1S/C26H22N4O3/c31-15-14-30-22-13-7-5-11-19(22)23(17-8-2-1-3-9-17)28-24(26(30)33)29-25(32)21-16-18-10-4-6-12-20(18)27-21/h1-13,15-16,23-24,27-28H,14H2,(H,29,32). The first-order chi connectivity index (χ1) is 16.2. The Kier molecular flexibility index (Phi) is 5.46. The molecule has 2 atom stereocenters. The third kappa shape index (κ3) is 3.90. The van der Waals surface area contributed by atoms with Crippen molar-refractivity contribution in [3.05, 3.63) is 102 Å². The molecular weight excluding hydrogens is 416 g/mol. The molecular formula is C26H22N4O3. The molecule has 7 nitrogen and oxygen atoms in total. The van der Waals surface area contributed by atoms with Crippen LogP contribution in [0.2, 0.25) is 0 Å². The van der Waals surface area contributed by atoms with Crippen molar-refractivity contribution in [1.82, 2.24) is 15.6 Å². The quantitative estimate of drug-likeness (QED) is 0.417. The highest BCUT2D eigenvalue weighted by Crippen LogP contribution is 2.33. The number of carbonyl (C=O) groups is 3. The van der Waals surface area contributed by atoms with Crippen LogP contribution in [0.4, 0.5) is 5.69 Å². The van der Waals surface area contributed by atoms with Crippen LogP contribution in [-0.4, -0.2) is 35.8 Å². The van der Waals surface area contributed by atoms with E-state index in [9.17, 15) is 14.4 Å². The highest BCUT2D eigenvalue weighted by atomic mass is 16.2. The zero-order valence-electron chi connectivity index (χ0n) is 17.7. The number of anilines is 1. The lowest BCUT2D eigenvalue weighted by molar-refractivity contribution is -0.122. The zero-order valence-corrected chi connectivity index (χ0v) is 17.7. The van der Waals surface area contributed by atoms with Crippen molar-refractivity contribution in [1.29, 1.82) is 0 Å². The van der Waals surface area contributed by atoms with Gasteiger partial charge in [-0.25, -0.2) is 0 Å². The maximum atomic E-state index is 13.5. The number of carbonyl (C=O) groups excluding carboxylic acids is 3.